The molecule has 1 rings (SSSR count). The summed E-state index contributed by atoms with van der Waals surface area (Å²) in [6.07, 6.45) is 2.37. The molecule has 0 heterocycles. The van der Waals surface area contributed by atoms with Crippen LogP contribution in [-0.2, 0) is 13.0 Å². The molecule has 2 N–H and O–H groups in total. The molecule has 0 saturated heterocycles. The highest BCUT2D eigenvalue weighted by atomic mass is 15.1. The summed E-state index contributed by atoms with van der Waals surface area (Å²) in [6.45, 7) is 11.0. The molecule has 0 saturated carbocycles. The van der Waals surface area contributed by atoms with Crippen molar-refractivity contribution in [3.8, 4) is 0 Å². The maximum Gasteiger partial charge on any atom is 0.0180 e. The average molecular weight is 248 g/mol. The van der Waals surface area contributed by atoms with Crippen molar-refractivity contribution in [3.05, 3.63) is 35.4 Å². The lowest BCUT2D eigenvalue weighted by molar-refractivity contribution is 0.248. The van der Waals surface area contributed by atoms with Crippen LogP contribution in [0.5, 0.6) is 0 Å². The molecular weight excluding hydrogens is 220 g/mol. The van der Waals surface area contributed by atoms with Crippen LogP contribution in [0.15, 0.2) is 24.3 Å². The number of likely N-dealkylation sites (N-methyl/N-ethyl adjacent to an activating group) is 1. The van der Waals surface area contributed by atoms with Gasteiger partial charge in [0.05, 0.1) is 0 Å². The molecular formula is C16H28N2. The van der Waals surface area contributed by atoms with Crippen molar-refractivity contribution in [1.29, 1.82) is 0 Å². The van der Waals surface area contributed by atoms with Crippen LogP contribution >= 0.6 is 0 Å². The number of hydrogen-bond acceptors (Lipinski definition) is 2. The van der Waals surface area contributed by atoms with Crippen molar-refractivity contribution < 1.29 is 0 Å². The normalized spacial score (nSPS) is 12.9. The van der Waals surface area contributed by atoms with Gasteiger partial charge in [0, 0.05) is 19.6 Å². The minimum Gasteiger partial charge on any atom is -0.326 e. The molecule has 1 atom stereocenters. The van der Waals surface area contributed by atoms with Gasteiger partial charge in [-0.1, -0.05) is 51.5 Å². The Bertz CT molecular complexity index is 336. The summed E-state index contributed by atoms with van der Waals surface area (Å²) in [7, 11) is 0. The first-order valence-electron chi connectivity index (χ1n) is 7.20. The fourth-order valence-corrected chi connectivity index (χ4v) is 2.23. The highest BCUT2D eigenvalue weighted by molar-refractivity contribution is 5.27. The van der Waals surface area contributed by atoms with Gasteiger partial charge in [-0.05, 0) is 30.0 Å². The summed E-state index contributed by atoms with van der Waals surface area (Å²) in [6, 6.07) is 8.53. The van der Waals surface area contributed by atoms with Crippen LogP contribution in [0.1, 0.15) is 38.3 Å². The van der Waals surface area contributed by atoms with E-state index < -0.39 is 0 Å². The van der Waals surface area contributed by atoms with E-state index in [1.54, 1.807) is 0 Å². The molecule has 0 spiro atoms. The van der Waals surface area contributed by atoms with E-state index >= 15 is 0 Å². The van der Waals surface area contributed by atoms with Crippen LogP contribution in [0.4, 0.5) is 0 Å². The maximum absolute atomic E-state index is 5.78. The van der Waals surface area contributed by atoms with Crippen molar-refractivity contribution in [2.75, 3.05) is 19.6 Å². The van der Waals surface area contributed by atoms with E-state index in [1.165, 1.54) is 24.1 Å². The van der Waals surface area contributed by atoms with Crippen LogP contribution in [-0.4, -0.2) is 24.5 Å². The minimum absolute atomic E-state index is 0.646. The summed E-state index contributed by atoms with van der Waals surface area (Å²) < 4.78 is 0. The van der Waals surface area contributed by atoms with E-state index in [0.717, 1.165) is 25.4 Å². The Kier molecular flexibility index (Phi) is 6.99. The van der Waals surface area contributed by atoms with Crippen LogP contribution in [0.2, 0.25) is 0 Å². The number of nitrogens with zero attached hydrogens (tertiary/aromatic N) is 1. The maximum atomic E-state index is 5.78. The topological polar surface area (TPSA) is 29.3 Å². The molecule has 1 aromatic rings. The van der Waals surface area contributed by atoms with Gasteiger partial charge in [-0.3, -0.25) is 0 Å². The number of nitrogens with two attached hydrogens (primary N) is 1. The monoisotopic (exact) mass is 248 g/mol. The smallest absolute Gasteiger partial charge is 0.0180 e. The Morgan fingerprint density at radius 2 is 1.83 bits per heavy atom. The predicted octanol–water partition coefficient (Wildman–Crippen LogP) is 3.06. The first-order valence-corrected chi connectivity index (χ1v) is 7.20. The average Bonchev–Trinajstić information content (AvgIpc) is 2.43. The predicted molar refractivity (Wildman–Crippen MR) is 79.6 cm³/mol. The van der Waals surface area contributed by atoms with E-state index in [4.69, 9.17) is 5.73 Å². The fourth-order valence-electron chi connectivity index (χ4n) is 2.23. The Morgan fingerprint density at radius 3 is 2.39 bits per heavy atom. The van der Waals surface area contributed by atoms with E-state index in [1.807, 2.05) is 0 Å². The second-order valence-corrected chi connectivity index (χ2v) is 5.13. The summed E-state index contributed by atoms with van der Waals surface area (Å²) in [5, 5.41) is 0. The highest BCUT2D eigenvalue weighted by Crippen LogP contribution is 2.11. The van der Waals surface area contributed by atoms with Gasteiger partial charge in [-0.15, -0.1) is 0 Å². The lowest BCUT2D eigenvalue weighted by Gasteiger charge is -2.24. The third-order valence-electron chi connectivity index (χ3n) is 3.75. The summed E-state index contributed by atoms with van der Waals surface area (Å²) in [4.78, 5) is 2.54. The Hall–Kier alpha value is -0.860. The lowest BCUT2D eigenvalue weighted by atomic mass is 10.0. The van der Waals surface area contributed by atoms with Crippen molar-refractivity contribution in [2.45, 2.75) is 40.2 Å². The third kappa shape index (κ3) is 4.79. The zero-order chi connectivity index (χ0) is 13.4. The molecule has 0 aromatic heterocycles. The van der Waals surface area contributed by atoms with Gasteiger partial charge >= 0.3 is 0 Å². The SMILES string of the molecule is CCC(C)CN(CC)CCc1ccccc1CN. The molecule has 0 aliphatic carbocycles. The van der Waals surface area contributed by atoms with Gasteiger partial charge in [0.2, 0.25) is 0 Å². The number of rotatable bonds is 8. The number of hydrogen-bond donors (Lipinski definition) is 1. The summed E-state index contributed by atoms with van der Waals surface area (Å²) in [5.41, 5.74) is 8.47. The first kappa shape index (κ1) is 15.2. The first-order chi connectivity index (χ1) is 8.71. The molecule has 0 fully saturated rings. The molecule has 102 valence electrons. The second kappa shape index (κ2) is 8.28. The fraction of sp³-hybridized carbons (Fsp3) is 0.625. The zero-order valence-corrected chi connectivity index (χ0v) is 12.2. The van der Waals surface area contributed by atoms with Gasteiger partial charge in [0.1, 0.15) is 0 Å². The molecule has 2 nitrogen and oxygen atoms in total. The minimum atomic E-state index is 0.646. The summed E-state index contributed by atoms with van der Waals surface area (Å²) >= 11 is 0. The van der Waals surface area contributed by atoms with Crippen molar-refractivity contribution in [2.24, 2.45) is 11.7 Å². The van der Waals surface area contributed by atoms with Gasteiger partial charge in [0.15, 0.2) is 0 Å². The van der Waals surface area contributed by atoms with Crippen LogP contribution in [0.25, 0.3) is 0 Å². The van der Waals surface area contributed by atoms with Gasteiger partial charge in [0.25, 0.3) is 0 Å². The van der Waals surface area contributed by atoms with E-state index in [0.29, 0.717) is 6.54 Å². The Morgan fingerprint density at radius 1 is 1.17 bits per heavy atom. The molecule has 1 unspecified atom stereocenters. The standard InChI is InChI=1S/C16H28N2/c1-4-14(3)13-18(5-2)11-10-15-8-6-7-9-16(15)12-17/h6-9,14H,4-5,10-13,17H2,1-3H3. The molecule has 0 radical (unpaired) electrons. The molecule has 18 heavy (non-hydrogen) atoms. The molecule has 2 heteroatoms. The molecule has 0 bridgehead atoms. The van der Waals surface area contributed by atoms with Gasteiger partial charge < -0.3 is 10.6 Å². The van der Waals surface area contributed by atoms with Crippen molar-refractivity contribution >= 4 is 0 Å². The van der Waals surface area contributed by atoms with Crippen LogP contribution in [0.3, 0.4) is 0 Å². The molecule has 1 aromatic carbocycles. The molecule has 0 amide bonds. The zero-order valence-electron chi connectivity index (χ0n) is 12.2. The van der Waals surface area contributed by atoms with E-state index in [9.17, 15) is 0 Å². The van der Waals surface area contributed by atoms with Crippen molar-refractivity contribution in [1.82, 2.24) is 4.90 Å². The number of benzene rings is 1. The van der Waals surface area contributed by atoms with Crippen LogP contribution < -0.4 is 5.73 Å². The van der Waals surface area contributed by atoms with Crippen molar-refractivity contribution in [3.63, 3.8) is 0 Å². The van der Waals surface area contributed by atoms with Gasteiger partial charge in [-0.25, -0.2) is 0 Å². The van der Waals surface area contributed by atoms with E-state index in [-0.39, 0.29) is 0 Å². The quantitative estimate of drug-likeness (QED) is 0.766. The van der Waals surface area contributed by atoms with Crippen LogP contribution in [0, 0.1) is 5.92 Å². The van der Waals surface area contributed by atoms with E-state index in [2.05, 4.69) is 49.9 Å². The lowest BCUT2D eigenvalue weighted by Crippen LogP contribution is -2.30. The second-order valence-electron chi connectivity index (χ2n) is 5.13. The highest BCUT2D eigenvalue weighted by Gasteiger charge is 2.08. The summed E-state index contributed by atoms with van der Waals surface area (Å²) in [5.74, 6) is 0.787. The van der Waals surface area contributed by atoms with Gasteiger partial charge in [-0.2, -0.15) is 0 Å². The third-order valence-corrected chi connectivity index (χ3v) is 3.75. The molecule has 0 aliphatic rings. The Labute approximate surface area is 112 Å². The largest absolute Gasteiger partial charge is 0.326 e. The Balaban J connectivity index is 2.51. The molecule has 0 aliphatic heterocycles.